The van der Waals surface area contributed by atoms with Crippen molar-refractivity contribution in [3.8, 4) is 0 Å². The number of hydrogen-bond acceptors (Lipinski definition) is 3. The Morgan fingerprint density at radius 2 is 2.18 bits per heavy atom. The number of hydrazine groups is 1. The predicted molar refractivity (Wildman–Crippen MR) is 64.3 cm³/mol. The Hall–Kier alpha value is -1.46. The molecule has 5 heteroatoms. The summed E-state index contributed by atoms with van der Waals surface area (Å²) in [6.07, 6.45) is 0.293. The molecule has 0 fully saturated rings. The molecular weight excluding hydrogens is 221 g/mol. The number of benzene rings is 1. The summed E-state index contributed by atoms with van der Waals surface area (Å²) in [7, 11) is 1.85. The predicted octanol–water partition coefficient (Wildman–Crippen LogP) is 1.03. The molecule has 1 aromatic rings. The van der Waals surface area contributed by atoms with Crippen molar-refractivity contribution in [1.82, 2.24) is 10.3 Å². The Morgan fingerprint density at radius 1 is 1.53 bits per heavy atom. The molecule has 0 aliphatic heterocycles. The van der Waals surface area contributed by atoms with Crippen LogP contribution in [-0.2, 0) is 11.3 Å². The monoisotopic (exact) mass is 239 g/mol. The van der Waals surface area contributed by atoms with Gasteiger partial charge in [0.15, 0.2) is 0 Å². The number of rotatable bonds is 5. The highest BCUT2D eigenvalue weighted by atomic mass is 19.1. The van der Waals surface area contributed by atoms with E-state index in [-0.39, 0.29) is 17.8 Å². The van der Waals surface area contributed by atoms with Crippen LogP contribution in [-0.4, -0.2) is 23.9 Å². The van der Waals surface area contributed by atoms with E-state index in [2.05, 4.69) is 5.43 Å². The topological polar surface area (TPSA) is 58.4 Å². The highest BCUT2D eigenvalue weighted by Gasteiger charge is 2.14. The van der Waals surface area contributed by atoms with E-state index in [1.54, 1.807) is 18.2 Å². The summed E-state index contributed by atoms with van der Waals surface area (Å²) in [4.78, 5) is 13.0. The highest BCUT2D eigenvalue weighted by molar-refractivity contribution is 5.75. The summed E-state index contributed by atoms with van der Waals surface area (Å²) in [6, 6.07) is 6.62. The van der Waals surface area contributed by atoms with Crippen LogP contribution in [0.4, 0.5) is 4.39 Å². The maximum atomic E-state index is 13.4. The van der Waals surface area contributed by atoms with Crippen LogP contribution in [0.15, 0.2) is 24.3 Å². The fourth-order valence-electron chi connectivity index (χ4n) is 1.53. The third kappa shape index (κ3) is 4.13. The fraction of sp³-hybridized carbons (Fsp3) is 0.417. The van der Waals surface area contributed by atoms with Gasteiger partial charge in [0.2, 0.25) is 5.91 Å². The molecule has 3 N–H and O–H groups in total. The quantitative estimate of drug-likeness (QED) is 0.458. The van der Waals surface area contributed by atoms with Crippen LogP contribution in [0.3, 0.4) is 0 Å². The normalized spacial score (nSPS) is 12.5. The Kier molecular flexibility index (Phi) is 5.06. The van der Waals surface area contributed by atoms with Crippen molar-refractivity contribution >= 4 is 5.91 Å². The number of hydrogen-bond donors (Lipinski definition) is 2. The van der Waals surface area contributed by atoms with Gasteiger partial charge in [0, 0.05) is 24.6 Å². The highest BCUT2D eigenvalue weighted by Crippen LogP contribution is 2.11. The van der Waals surface area contributed by atoms with Crippen LogP contribution in [0.2, 0.25) is 0 Å². The van der Waals surface area contributed by atoms with Crippen molar-refractivity contribution in [3.05, 3.63) is 35.6 Å². The van der Waals surface area contributed by atoms with Gasteiger partial charge in [-0.15, -0.1) is 0 Å². The maximum Gasteiger partial charge on any atom is 0.235 e. The van der Waals surface area contributed by atoms with Crippen molar-refractivity contribution in [3.63, 3.8) is 0 Å². The van der Waals surface area contributed by atoms with Gasteiger partial charge >= 0.3 is 0 Å². The van der Waals surface area contributed by atoms with Crippen LogP contribution < -0.4 is 11.3 Å². The number of halogens is 1. The van der Waals surface area contributed by atoms with Crippen molar-refractivity contribution in [2.45, 2.75) is 25.9 Å². The lowest BCUT2D eigenvalue weighted by Gasteiger charge is -2.24. The van der Waals surface area contributed by atoms with Gasteiger partial charge < -0.3 is 0 Å². The van der Waals surface area contributed by atoms with E-state index < -0.39 is 0 Å². The zero-order chi connectivity index (χ0) is 12.8. The first kappa shape index (κ1) is 13.6. The molecule has 0 aliphatic rings. The first-order valence-corrected chi connectivity index (χ1v) is 5.47. The molecule has 1 atom stereocenters. The lowest BCUT2D eigenvalue weighted by atomic mass is 10.1. The second kappa shape index (κ2) is 6.32. The summed E-state index contributed by atoms with van der Waals surface area (Å²) in [5, 5.41) is 0. The summed E-state index contributed by atoms with van der Waals surface area (Å²) in [5.74, 6) is 4.57. The van der Waals surface area contributed by atoms with Crippen LogP contribution >= 0.6 is 0 Å². The number of amides is 1. The van der Waals surface area contributed by atoms with Crippen molar-refractivity contribution in [1.29, 1.82) is 0 Å². The number of carbonyl (C=O) groups excluding carboxylic acids is 1. The fourth-order valence-corrected chi connectivity index (χ4v) is 1.53. The van der Waals surface area contributed by atoms with Gasteiger partial charge in [-0.25, -0.2) is 10.2 Å². The SMILES string of the molecule is CC(CC(=O)NN)N(C)Cc1ccccc1F. The molecule has 1 rings (SSSR count). The first-order chi connectivity index (χ1) is 8.04. The molecule has 0 heterocycles. The lowest BCUT2D eigenvalue weighted by Crippen LogP contribution is -2.37. The first-order valence-electron chi connectivity index (χ1n) is 5.47. The van der Waals surface area contributed by atoms with Gasteiger partial charge in [0.25, 0.3) is 0 Å². The number of nitrogens with one attached hydrogen (secondary N) is 1. The van der Waals surface area contributed by atoms with E-state index >= 15 is 0 Å². The number of nitrogens with zero attached hydrogens (tertiary/aromatic N) is 1. The Balaban J connectivity index is 2.57. The summed E-state index contributed by atoms with van der Waals surface area (Å²) in [5.41, 5.74) is 2.71. The molecule has 0 radical (unpaired) electrons. The van der Waals surface area contributed by atoms with E-state index in [1.807, 2.05) is 18.9 Å². The number of carbonyl (C=O) groups is 1. The van der Waals surface area contributed by atoms with E-state index in [9.17, 15) is 9.18 Å². The molecule has 0 aliphatic carbocycles. The van der Waals surface area contributed by atoms with Crippen molar-refractivity contribution < 1.29 is 9.18 Å². The Bertz CT molecular complexity index is 384. The van der Waals surface area contributed by atoms with E-state index in [0.29, 0.717) is 18.5 Å². The van der Waals surface area contributed by atoms with Gasteiger partial charge in [0.05, 0.1) is 0 Å². The molecule has 17 heavy (non-hydrogen) atoms. The largest absolute Gasteiger partial charge is 0.299 e. The second-order valence-corrected chi connectivity index (χ2v) is 4.13. The molecule has 0 bridgehead atoms. The Morgan fingerprint density at radius 3 is 2.76 bits per heavy atom. The standard InChI is InChI=1S/C12H18FN3O/c1-9(7-12(17)15-14)16(2)8-10-5-3-4-6-11(10)13/h3-6,9H,7-8,14H2,1-2H3,(H,15,17). The minimum atomic E-state index is -0.227. The van der Waals surface area contributed by atoms with Crippen LogP contribution in [0.25, 0.3) is 0 Å². The molecular formula is C12H18FN3O. The van der Waals surface area contributed by atoms with E-state index in [0.717, 1.165) is 0 Å². The molecule has 1 amide bonds. The zero-order valence-electron chi connectivity index (χ0n) is 10.1. The Labute approximate surface area is 101 Å². The second-order valence-electron chi connectivity index (χ2n) is 4.13. The molecule has 0 aromatic heterocycles. The van der Waals surface area contributed by atoms with Gasteiger partial charge in [0.1, 0.15) is 5.82 Å². The molecule has 1 aromatic carbocycles. The summed E-state index contributed by atoms with van der Waals surface area (Å²) < 4.78 is 13.4. The smallest absolute Gasteiger partial charge is 0.235 e. The van der Waals surface area contributed by atoms with Gasteiger partial charge in [-0.05, 0) is 20.0 Å². The third-order valence-corrected chi connectivity index (χ3v) is 2.77. The molecule has 4 nitrogen and oxygen atoms in total. The summed E-state index contributed by atoms with van der Waals surface area (Å²) >= 11 is 0. The number of nitrogens with two attached hydrogens (primary N) is 1. The van der Waals surface area contributed by atoms with Crippen LogP contribution in [0.5, 0.6) is 0 Å². The molecule has 94 valence electrons. The zero-order valence-corrected chi connectivity index (χ0v) is 10.1. The van der Waals surface area contributed by atoms with Crippen LogP contribution in [0.1, 0.15) is 18.9 Å². The average molecular weight is 239 g/mol. The van der Waals surface area contributed by atoms with Crippen molar-refractivity contribution in [2.24, 2.45) is 5.84 Å². The average Bonchev–Trinajstić information content (AvgIpc) is 2.31. The molecule has 0 saturated carbocycles. The van der Waals surface area contributed by atoms with Gasteiger partial charge in [-0.1, -0.05) is 18.2 Å². The minimum absolute atomic E-state index is 0.00171. The van der Waals surface area contributed by atoms with Crippen molar-refractivity contribution in [2.75, 3.05) is 7.05 Å². The van der Waals surface area contributed by atoms with Crippen LogP contribution in [0, 0.1) is 5.82 Å². The van der Waals surface area contributed by atoms with E-state index in [1.165, 1.54) is 6.07 Å². The van der Waals surface area contributed by atoms with Gasteiger partial charge in [-0.2, -0.15) is 0 Å². The summed E-state index contributed by atoms with van der Waals surface area (Å²) in [6.45, 7) is 2.36. The minimum Gasteiger partial charge on any atom is -0.299 e. The van der Waals surface area contributed by atoms with Gasteiger partial charge in [-0.3, -0.25) is 15.1 Å². The molecule has 1 unspecified atom stereocenters. The van der Waals surface area contributed by atoms with E-state index in [4.69, 9.17) is 5.84 Å². The lowest BCUT2D eigenvalue weighted by molar-refractivity contribution is -0.122. The maximum absolute atomic E-state index is 13.4. The molecule has 0 saturated heterocycles. The third-order valence-electron chi connectivity index (χ3n) is 2.77. The molecule has 0 spiro atoms.